The van der Waals surface area contributed by atoms with Crippen molar-refractivity contribution >= 4 is 56.1 Å². The maximum absolute atomic E-state index is 6.38. The van der Waals surface area contributed by atoms with Gasteiger partial charge in [0.25, 0.3) is 0 Å². The number of fused-ring (bicyclic) bond motifs is 8. The van der Waals surface area contributed by atoms with E-state index in [-0.39, 0.29) is 10.8 Å². The molecular weight excluding hydrogens is 621 g/mol. The van der Waals surface area contributed by atoms with Crippen LogP contribution in [0.2, 0.25) is 0 Å². The summed E-state index contributed by atoms with van der Waals surface area (Å²) in [4.78, 5) is 4.83. The molecule has 0 bridgehead atoms. The Morgan fingerprint density at radius 3 is 1.88 bits per heavy atom. The monoisotopic (exact) mass is 658 g/mol. The maximum atomic E-state index is 6.38. The zero-order valence-corrected chi connectivity index (χ0v) is 29.3. The summed E-state index contributed by atoms with van der Waals surface area (Å²) >= 11 is 0. The van der Waals surface area contributed by atoms with Crippen molar-refractivity contribution in [3.63, 3.8) is 0 Å². The zero-order chi connectivity index (χ0) is 34.5. The van der Waals surface area contributed by atoms with Crippen molar-refractivity contribution in [3.05, 3.63) is 180 Å². The first kappa shape index (κ1) is 29.8. The van der Waals surface area contributed by atoms with Crippen LogP contribution in [0.15, 0.2) is 162 Å². The van der Waals surface area contributed by atoms with E-state index in [2.05, 4.69) is 183 Å². The Hall–Kier alpha value is -6.06. The highest BCUT2D eigenvalue weighted by molar-refractivity contribution is 6.06. The topological polar surface area (TPSA) is 19.6 Å². The molecule has 7 aromatic carbocycles. The highest BCUT2D eigenvalue weighted by Gasteiger charge is 2.39. The number of para-hydroxylation sites is 3. The Labute approximate surface area is 299 Å². The Kier molecular flexibility index (Phi) is 6.27. The number of rotatable bonds is 4. The van der Waals surface area contributed by atoms with E-state index >= 15 is 0 Å². The molecule has 1 aliphatic carbocycles. The van der Waals surface area contributed by atoms with E-state index in [9.17, 15) is 0 Å². The first-order valence-electron chi connectivity index (χ1n) is 17.9. The average molecular weight is 659 g/mol. The molecule has 51 heavy (non-hydrogen) atoms. The number of hydrogen-bond acceptors (Lipinski definition) is 3. The third-order valence-corrected chi connectivity index (χ3v) is 11.4. The summed E-state index contributed by atoms with van der Waals surface area (Å²) in [6.45, 7) is 9.42. The summed E-state index contributed by atoms with van der Waals surface area (Å²) in [5.41, 5.74) is 16.3. The van der Waals surface area contributed by atoms with Gasteiger partial charge in [-0.3, -0.25) is 0 Å². The summed E-state index contributed by atoms with van der Waals surface area (Å²) < 4.78 is 6.38. The zero-order valence-electron chi connectivity index (χ0n) is 29.3. The van der Waals surface area contributed by atoms with Crippen LogP contribution in [-0.2, 0) is 10.8 Å². The highest BCUT2D eigenvalue weighted by atomic mass is 16.3. The molecule has 3 nitrogen and oxygen atoms in total. The molecule has 0 fully saturated rings. The van der Waals surface area contributed by atoms with Gasteiger partial charge in [0, 0.05) is 50.4 Å². The SMILES string of the molecule is CC1(C)c2ccccc2-c2ccc(N(c3ccccc3)c3ccc4c(c3)C(C)(C)c3ccccc3N4c3ccc4c(c3)oc3ccccc34)cc21. The maximum Gasteiger partial charge on any atom is 0.137 e. The number of benzene rings is 7. The normalized spacial score (nSPS) is 14.9. The van der Waals surface area contributed by atoms with Gasteiger partial charge in [-0.2, -0.15) is 0 Å². The van der Waals surface area contributed by atoms with Crippen molar-refractivity contribution in [2.24, 2.45) is 0 Å². The highest BCUT2D eigenvalue weighted by Crippen LogP contribution is 2.55. The lowest BCUT2D eigenvalue weighted by molar-refractivity contribution is 0.632. The second-order valence-corrected chi connectivity index (χ2v) is 15.0. The molecule has 246 valence electrons. The van der Waals surface area contributed by atoms with Crippen molar-refractivity contribution in [2.45, 2.75) is 38.5 Å². The number of nitrogens with zero attached hydrogens (tertiary/aromatic N) is 2. The summed E-state index contributed by atoms with van der Waals surface area (Å²) in [6, 6.07) is 57.4. The minimum atomic E-state index is -0.244. The predicted octanol–water partition coefficient (Wildman–Crippen LogP) is 13.5. The standard InChI is InChI=1S/C48H38N2O/c1-47(2)39-18-10-8-16-35(39)36-25-22-32(28-41(36)47)49(31-14-6-5-7-15-31)33-24-27-44-42(29-33)48(3,4)40-19-11-12-20-43(40)50(44)34-23-26-38-37-17-9-13-21-45(37)51-46(38)30-34/h5-30H,1-4H3. The second-order valence-electron chi connectivity index (χ2n) is 15.0. The summed E-state index contributed by atoms with van der Waals surface area (Å²) in [5.74, 6) is 0. The average Bonchev–Trinajstić information content (AvgIpc) is 3.64. The van der Waals surface area contributed by atoms with E-state index in [1.165, 1.54) is 44.8 Å². The third kappa shape index (κ3) is 4.31. The lowest BCUT2D eigenvalue weighted by atomic mass is 9.73. The molecule has 10 rings (SSSR count). The van der Waals surface area contributed by atoms with Crippen molar-refractivity contribution < 1.29 is 4.42 Å². The Balaban J connectivity index is 1.16. The van der Waals surface area contributed by atoms with Crippen LogP contribution in [0.5, 0.6) is 0 Å². The molecule has 8 aromatic rings. The second kappa shape index (κ2) is 10.7. The predicted molar refractivity (Wildman–Crippen MR) is 213 cm³/mol. The molecule has 1 aromatic heterocycles. The lowest BCUT2D eigenvalue weighted by Gasteiger charge is -2.42. The van der Waals surface area contributed by atoms with Gasteiger partial charge < -0.3 is 14.2 Å². The minimum absolute atomic E-state index is 0.0900. The summed E-state index contributed by atoms with van der Waals surface area (Å²) in [7, 11) is 0. The summed E-state index contributed by atoms with van der Waals surface area (Å²) in [6.07, 6.45) is 0. The third-order valence-electron chi connectivity index (χ3n) is 11.4. The molecule has 0 unspecified atom stereocenters. The molecule has 0 saturated heterocycles. The fourth-order valence-electron chi connectivity index (χ4n) is 8.82. The summed E-state index contributed by atoms with van der Waals surface area (Å²) in [5, 5.41) is 2.28. The van der Waals surface area contributed by atoms with E-state index in [0.717, 1.165) is 44.7 Å². The molecule has 0 atom stereocenters. The molecule has 2 heterocycles. The van der Waals surface area contributed by atoms with Crippen LogP contribution in [0.3, 0.4) is 0 Å². The van der Waals surface area contributed by atoms with Crippen LogP contribution < -0.4 is 9.80 Å². The lowest BCUT2D eigenvalue weighted by Crippen LogP contribution is -2.31. The Morgan fingerprint density at radius 1 is 0.431 bits per heavy atom. The Morgan fingerprint density at radius 2 is 1.04 bits per heavy atom. The molecular formula is C48H38N2O. The van der Waals surface area contributed by atoms with Gasteiger partial charge in [-0.25, -0.2) is 0 Å². The van der Waals surface area contributed by atoms with Crippen molar-refractivity contribution in [2.75, 3.05) is 9.80 Å². The number of hydrogen-bond donors (Lipinski definition) is 0. The van der Waals surface area contributed by atoms with Gasteiger partial charge in [0.2, 0.25) is 0 Å². The van der Waals surface area contributed by atoms with Crippen LogP contribution in [0.4, 0.5) is 34.1 Å². The van der Waals surface area contributed by atoms with Gasteiger partial charge in [0.05, 0.1) is 11.4 Å². The van der Waals surface area contributed by atoms with Gasteiger partial charge in [-0.15, -0.1) is 0 Å². The molecule has 0 radical (unpaired) electrons. The largest absolute Gasteiger partial charge is 0.456 e. The molecule has 0 N–H and O–H groups in total. The van der Waals surface area contributed by atoms with Crippen LogP contribution in [-0.4, -0.2) is 0 Å². The number of anilines is 6. The van der Waals surface area contributed by atoms with E-state index in [4.69, 9.17) is 4.42 Å². The Bertz CT molecular complexity index is 2660. The van der Waals surface area contributed by atoms with E-state index < -0.39 is 0 Å². The van der Waals surface area contributed by atoms with Crippen molar-refractivity contribution in [3.8, 4) is 11.1 Å². The quantitative estimate of drug-likeness (QED) is 0.188. The molecule has 0 saturated carbocycles. The van der Waals surface area contributed by atoms with Crippen molar-refractivity contribution in [1.29, 1.82) is 0 Å². The van der Waals surface area contributed by atoms with Crippen LogP contribution in [0.1, 0.15) is 49.9 Å². The van der Waals surface area contributed by atoms with Crippen LogP contribution in [0.25, 0.3) is 33.1 Å². The van der Waals surface area contributed by atoms with Gasteiger partial charge in [-0.1, -0.05) is 113 Å². The fourth-order valence-corrected chi connectivity index (χ4v) is 8.82. The van der Waals surface area contributed by atoms with Crippen molar-refractivity contribution in [1.82, 2.24) is 0 Å². The van der Waals surface area contributed by atoms with Crippen LogP contribution >= 0.6 is 0 Å². The van der Waals surface area contributed by atoms with Gasteiger partial charge in [0.15, 0.2) is 0 Å². The molecule has 2 aliphatic rings. The van der Waals surface area contributed by atoms with E-state index in [1.807, 2.05) is 12.1 Å². The smallest absolute Gasteiger partial charge is 0.137 e. The van der Waals surface area contributed by atoms with E-state index in [0.29, 0.717) is 0 Å². The minimum Gasteiger partial charge on any atom is -0.456 e. The van der Waals surface area contributed by atoms with Crippen LogP contribution in [0, 0.1) is 0 Å². The van der Waals surface area contributed by atoms with Gasteiger partial charge in [0.1, 0.15) is 11.2 Å². The fraction of sp³-hybridized carbons (Fsp3) is 0.125. The molecule has 0 spiro atoms. The first-order chi connectivity index (χ1) is 24.8. The first-order valence-corrected chi connectivity index (χ1v) is 17.9. The van der Waals surface area contributed by atoms with Gasteiger partial charge >= 0.3 is 0 Å². The van der Waals surface area contributed by atoms with E-state index in [1.54, 1.807) is 0 Å². The van der Waals surface area contributed by atoms with Gasteiger partial charge in [-0.05, 0) is 100 Å². The number of furan rings is 1. The molecule has 0 amide bonds. The molecule has 1 aliphatic heterocycles. The molecule has 3 heteroatoms.